The quantitative estimate of drug-likeness (QED) is 0.387. The largest absolute Gasteiger partial charge is 0.393 e. The van der Waals surface area contributed by atoms with E-state index in [1.807, 2.05) is 0 Å². The van der Waals surface area contributed by atoms with E-state index in [0.717, 1.165) is 18.2 Å². The highest BCUT2D eigenvalue weighted by Crippen LogP contribution is 2.20. The van der Waals surface area contributed by atoms with Crippen molar-refractivity contribution >= 4 is 28.7 Å². The third kappa shape index (κ3) is 4.59. The average molecular weight is 450 g/mol. The molecule has 0 aliphatic rings. The van der Waals surface area contributed by atoms with Gasteiger partial charge in [0.15, 0.2) is 11.5 Å². The number of aromatic nitrogens is 3. The van der Waals surface area contributed by atoms with Crippen molar-refractivity contribution in [2.75, 3.05) is 12.4 Å². The minimum Gasteiger partial charge on any atom is -0.393 e. The molecular formula is C23H17F3N6O. The summed E-state index contributed by atoms with van der Waals surface area (Å²) in [7, 11) is 1.67. The lowest BCUT2D eigenvalue weighted by Gasteiger charge is -2.10. The fourth-order valence-electron chi connectivity index (χ4n) is 3.13. The smallest absolute Gasteiger partial charge is 0.259 e. The van der Waals surface area contributed by atoms with Gasteiger partial charge in [0.1, 0.15) is 17.5 Å². The van der Waals surface area contributed by atoms with Crippen LogP contribution in [0.1, 0.15) is 21.6 Å². The van der Waals surface area contributed by atoms with E-state index in [9.17, 15) is 18.0 Å². The molecule has 0 fully saturated rings. The number of nitrogens with one attached hydrogen (secondary N) is 3. The first-order valence-electron chi connectivity index (χ1n) is 9.71. The monoisotopic (exact) mass is 450 g/mol. The van der Waals surface area contributed by atoms with E-state index in [1.165, 1.54) is 35.0 Å². The number of imidazole rings is 1. The second-order valence-electron chi connectivity index (χ2n) is 6.95. The highest BCUT2D eigenvalue weighted by Gasteiger charge is 2.17. The molecule has 0 spiro atoms. The van der Waals surface area contributed by atoms with Gasteiger partial charge in [-0.1, -0.05) is 0 Å². The number of hydrogen-bond acceptors (Lipinski definition) is 5. The van der Waals surface area contributed by atoms with Crippen LogP contribution in [0.15, 0.2) is 67.0 Å². The molecule has 0 radical (unpaired) electrons. The lowest BCUT2D eigenvalue weighted by atomic mass is 10.0. The number of carbonyl (C=O) groups is 1. The molecule has 2 aromatic heterocycles. The number of rotatable bonds is 6. The topological polar surface area (TPSA) is 95.2 Å². The molecule has 2 heterocycles. The molecule has 0 bridgehead atoms. The highest BCUT2D eigenvalue weighted by molar-refractivity contribution is 6.29. The van der Waals surface area contributed by atoms with Crippen LogP contribution in [0.2, 0.25) is 0 Å². The summed E-state index contributed by atoms with van der Waals surface area (Å²) in [5.41, 5.74) is 1.39. The molecular weight excluding hydrogens is 433 g/mol. The summed E-state index contributed by atoms with van der Waals surface area (Å²) in [5.74, 6) is -2.78. The summed E-state index contributed by atoms with van der Waals surface area (Å²) in [6.45, 7) is 0. The van der Waals surface area contributed by atoms with Gasteiger partial charge in [0.05, 0.1) is 23.2 Å². The molecule has 10 heteroatoms. The first-order valence-corrected chi connectivity index (χ1v) is 9.71. The summed E-state index contributed by atoms with van der Waals surface area (Å²) in [5, 5.41) is 18.2. The van der Waals surface area contributed by atoms with Crippen LogP contribution < -0.4 is 10.6 Å². The maximum Gasteiger partial charge on any atom is 0.259 e. The van der Waals surface area contributed by atoms with Gasteiger partial charge in [-0.25, -0.2) is 22.7 Å². The van der Waals surface area contributed by atoms with Crippen LogP contribution in [0.5, 0.6) is 0 Å². The van der Waals surface area contributed by atoms with Crippen molar-refractivity contribution in [3.63, 3.8) is 0 Å². The Bertz CT molecular complexity index is 1400. The van der Waals surface area contributed by atoms with Gasteiger partial charge in [-0.2, -0.15) is 5.10 Å². The lowest BCUT2D eigenvalue weighted by molar-refractivity contribution is 0.102. The third-order valence-corrected chi connectivity index (χ3v) is 4.70. The van der Waals surface area contributed by atoms with Crippen molar-refractivity contribution in [2.24, 2.45) is 0 Å². The van der Waals surface area contributed by atoms with Crippen molar-refractivity contribution in [3.8, 4) is 0 Å². The van der Waals surface area contributed by atoms with Crippen molar-refractivity contribution in [2.45, 2.75) is 0 Å². The molecule has 33 heavy (non-hydrogen) atoms. The first kappa shape index (κ1) is 21.8. The number of carbonyl (C=O) groups excluding carboxylic acids is 1. The van der Waals surface area contributed by atoms with Crippen molar-refractivity contribution in [3.05, 3.63) is 101 Å². The Morgan fingerprint density at radius 2 is 1.76 bits per heavy atom. The van der Waals surface area contributed by atoms with Crippen LogP contribution in [0.4, 0.5) is 19.0 Å². The molecule has 166 valence electrons. The fourth-order valence-corrected chi connectivity index (χ4v) is 3.13. The fraction of sp³-hybridized carbons (Fsp3) is 0.0435. The Morgan fingerprint density at radius 1 is 1.03 bits per heavy atom. The van der Waals surface area contributed by atoms with Gasteiger partial charge in [-0.05, 0) is 54.6 Å². The van der Waals surface area contributed by atoms with E-state index < -0.39 is 28.9 Å². The van der Waals surface area contributed by atoms with Crippen LogP contribution in [-0.2, 0) is 0 Å². The highest BCUT2D eigenvalue weighted by atomic mass is 19.1. The summed E-state index contributed by atoms with van der Waals surface area (Å²) >= 11 is 0. The van der Waals surface area contributed by atoms with E-state index in [0.29, 0.717) is 22.5 Å². The average Bonchev–Trinajstić information content (AvgIpc) is 3.20. The number of fused-ring (bicyclic) bond motifs is 1. The molecule has 0 atom stereocenters. The van der Waals surface area contributed by atoms with E-state index in [4.69, 9.17) is 5.41 Å². The minimum atomic E-state index is -0.862. The van der Waals surface area contributed by atoms with Gasteiger partial charge < -0.3 is 10.6 Å². The molecule has 1 amide bonds. The molecule has 0 unspecified atom stereocenters. The summed E-state index contributed by atoms with van der Waals surface area (Å²) in [6.07, 6.45) is 3.00. The molecule has 3 N–H and O–H groups in total. The predicted octanol–water partition coefficient (Wildman–Crippen LogP) is 4.03. The maximum absolute atomic E-state index is 13.9. The van der Waals surface area contributed by atoms with Crippen LogP contribution >= 0.6 is 0 Å². The van der Waals surface area contributed by atoms with E-state index in [2.05, 4.69) is 20.7 Å². The van der Waals surface area contributed by atoms with Gasteiger partial charge in [0.25, 0.3) is 5.91 Å². The number of nitrogens with zero attached hydrogens (tertiary/aromatic N) is 3. The minimum absolute atomic E-state index is 0.0843. The third-order valence-electron chi connectivity index (χ3n) is 4.70. The van der Waals surface area contributed by atoms with Gasteiger partial charge >= 0.3 is 0 Å². The van der Waals surface area contributed by atoms with Crippen LogP contribution in [0.25, 0.3) is 11.2 Å². The number of amides is 1. The van der Waals surface area contributed by atoms with Crippen LogP contribution in [-0.4, -0.2) is 33.3 Å². The zero-order valence-electron chi connectivity index (χ0n) is 17.2. The molecule has 7 nitrogen and oxygen atoms in total. The molecule has 4 aromatic rings. The van der Waals surface area contributed by atoms with Gasteiger partial charge in [0.2, 0.25) is 0 Å². The Balaban J connectivity index is 1.63. The summed E-state index contributed by atoms with van der Waals surface area (Å²) < 4.78 is 41.9. The first-order chi connectivity index (χ1) is 15.9. The zero-order valence-corrected chi connectivity index (χ0v) is 17.2. The molecule has 0 saturated carbocycles. The normalized spacial score (nSPS) is 11.5. The Labute approximate surface area is 186 Å². The number of benzene rings is 2. The Kier molecular flexibility index (Phi) is 5.90. The zero-order chi connectivity index (χ0) is 23.5. The second-order valence-corrected chi connectivity index (χ2v) is 6.95. The molecule has 0 aliphatic carbocycles. The van der Waals surface area contributed by atoms with Crippen molar-refractivity contribution < 1.29 is 18.0 Å². The lowest BCUT2D eigenvalue weighted by Crippen LogP contribution is -2.14. The molecule has 0 saturated heterocycles. The maximum atomic E-state index is 13.9. The summed E-state index contributed by atoms with van der Waals surface area (Å²) in [6, 6.07) is 11.4. The van der Waals surface area contributed by atoms with Crippen LogP contribution in [0, 0.1) is 22.9 Å². The number of halogens is 3. The number of hydrogen-bond donors (Lipinski definition) is 3. The van der Waals surface area contributed by atoms with Gasteiger partial charge in [-0.3, -0.25) is 10.2 Å². The number of anilines is 1. The van der Waals surface area contributed by atoms with E-state index in [1.54, 1.807) is 25.4 Å². The molecule has 4 rings (SSSR count). The Hall–Kier alpha value is -4.47. The molecule has 2 aromatic carbocycles. The second kappa shape index (κ2) is 8.95. The van der Waals surface area contributed by atoms with Crippen molar-refractivity contribution in [1.29, 1.82) is 5.41 Å². The van der Waals surface area contributed by atoms with Crippen molar-refractivity contribution in [1.82, 2.24) is 19.9 Å². The predicted molar refractivity (Wildman–Crippen MR) is 118 cm³/mol. The van der Waals surface area contributed by atoms with Crippen LogP contribution in [0.3, 0.4) is 0 Å². The van der Waals surface area contributed by atoms with Gasteiger partial charge in [0, 0.05) is 24.4 Å². The van der Waals surface area contributed by atoms with E-state index >= 15 is 0 Å². The van der Waals surface area contributed by atoms with Gasteiger partial charge in [-0.15, -0.1) is 0 Å². The van der Waals surface area contributed by atoms with E-state index in [-0.39, 0.29) is 11.5 Å². The Morgan fingerprint density at radius 3 is 2.48 bits per heavy atom. The SMILES string of the molecule is CN/C=C(\C(=N)c1ccc(F)cc1)c1ccc2nc(NC(=O)c3cc(F)ccc3F)cn2n1. The number of allylic oxidation sites excluding steroid dienone is 1. The standard InChI is InChI=1S/C23H17F3N6O/c1-28-11-17(22(27)13-2-4-14(24)5-3-13)19-8-9-21-29-20(12-32(21)31-19)30-23(33)16-10-15(25)6-7-18(16)26/h2-12,27-28H,1H3,(H,30,33)/b17-11-,27-22?. The summed E-state index contributed by atoms with van der Waals surface area (Å²) in [4.78, 5) is 16.5. The molecule has 0 aliphatic heterocycles.